The van der Waals surface area contributed by atoms with Crippen molar-refractivity contribution in [3.05, 3.63) is 231 Å². The quantitative estimate of drug-likeness (QED) is 0.150. The Balaban J connectivity index is 0.882. The Kier molecular flexibility index (Phi) is 8.52. The molecule has 14 rings (SSSR count). The van der Waals surface area contributed by atoms with Gasteiger partial charge in [0.2, 0.25) is 0 Å². The maximum absolute atomic E-state index is 6.34. The Labute approximate surface area is 391 Å². The third-order valence-electron chi connectivity index (χ3n) is 13.6. The van der Waals surface area contributed by atoms with Gasteiger partial charge in [0, 0.05) is 43.9 Å². The van der Waals surface area contributed by atoms with Crippen molar-refractivity contribution in [3.8, 4) is 73.2 Å². The first-order chi connectivity index (χ1) is 33.7. The number of fused-ring (bicyclic) bond motifs is 6. The molecule has 5 nitrogen and oxygen atoms in total. The number of aromatic nitrogens is 4. The highest BCUT2D eigenvalue weighted by Crippen LogP contribution is 2.44. The molecule has 0 saturated heterocycles. The van der Waals surface area contributed by atoms with Crippen LogP contribution in [0.25, 0.3) is 139 Å². The van der Waals surface area contributed by atoms with Crippen LogP contribution in [0.3, 0.4) is 0 Å². The molecule has 0 atom stereocenters. The van der Waals surface area contributed by atoms with Gasteiger partial charge in [-0.2, -0.15) is 0 Å². The second kappa shape index (κ2) is 15.2. The SMILES string of the molecule is c1ccc(-c2nc(-c3ccccc3)nc(-c3cccc(-c4cccc(-c5ccc6c(c5)c5cc(-c7ccc8c(c7)c7cccc9oc%10cccc8c%10c97)ccc5n6-c5ccccc5)c4)c3)n2)cc1. The molecule has 3 aromatic heterocycles. The van der Waals surface area contributed by atoms with Gasteiger partial charge in [0.05, 0.1) is 11.0 Å². The lowest BCUT2D eigenvalue weighted by Gasteiger charge is -2.11. The fourth-order valence-corrected chi connectivity index (χ4v) is 10.4. The van der Waals surface area contributed by atoms with E-state index in [4.69, 9.17) is 19.4 Å². The van der Waals surface area contributed by atoms with Gasteiger partial charge in [-0.15, -0.1) is 0 Å². The van der Waals surface area contributed by atoms with Gasteiger partial charge in [0.1, 0.15) is 11.2 Å². The first-order valence-electron chi connectivity index (χ1n) is 23.0. The summed E-state index contributed by atoms with van der Waals surface area (Å²) in [5.74, 6) is 1.92. The van der Waals surface area contributed by atoms with Crippen molar-refractivity contribution in [3.63, 3.8) is 0 Å². The van der Waals surface area contributed by atoms with Crippen molar-refractivity contribution in [1.82, 2.24) is 19.5 Å². The summed E-state index contributed by atoms with van der Waals surface area (Å²) in [4.78, 5) is 14.9. The fraction of sp³-hybridized carbons (Fsp3) is 0. The Morgan fingerprint density at radius 2 is 0.662 bits per heavy atom. The van der Waals surface area contributed by atoms with Gasteiger partial charge in [-0.1, -0.05) is 164 Å². The molecule has 68 heavy (non-hydrogen) atoms. The third kappa shape index (κ3) is 6.14. The van der Waals surface area contributed by atoms with Crippen molar-refractivity contribution in [2.45, 2.75) is 0 Å². The maximum atomic E-state index is 6.34. The highest BCUT2D eigenvalue weighted by Gasteiger charge is 2.19. The van der Waals surface area contributed by atoms with E-state index in [1.807, 2.05) is 60.7 Å². The lowest BCUT2D eigenvalue weighted by atomic mass is 9.92. The largest absolute Gasteiger partial charge is 0.456 e. The molecule has 0 saturated carbocycles. The maximum Gasteiger partial charge on any atom is 0.164 e. The molecule has 14 aromatic rings. The van der Waals surface area contributed by atoms with Crippen molar-refractivity contribution in [1.29, 1.82) is 0 Å². The summed E-state index contributed by atoms with van der Waals surface area (Å²) in [6.07, 6.45) is 0. The molecule has 0 aliphatic rings. The second-order valence-electron chi connectivity index (χ2n) is 17.6. The molecule has 5 heteroatoms. The van der Waals surface area contributed by atoms with Gasteiger partial charge in [-0.25, -0.2) is 15.0 Å². The molecule has 0 fully saturated rings. The summed E-state index contributed by atoms with van der Waals surface area (Å²) < 4.78 is 8.74. The molecule has 0 radical (unpaired) electrons. The first-order valence-corrected chi connectivity index (χ1v) is 23.0. The fourth-order valence-electron chi connectivity index (χ4n) is 10.4. The molecule has 0 bridgehead atoms. The summed E-state index contributed by atoms with van der Waals surface area (Å²) in [6.45, 7) is 0. The Morgan fingerprint density at radius 1 is 0.265 bits per heavy atom. The standard InChI is InChI=1S/C63H38N4O/c1-4-14-39(15-5-1)61-64-62(40-16-6-2-7-17-40)66-63(65-61)47-21-11-20-43(35-47)41-18-10-19-42(34-41)45-29-32-55-53(37-45)54-38-46(30-33-56(54)67(55)48-22-8-3-9-23-48)44-28-31-49-50-24-12-26-57-59(50)60-51(52(49)36-44)25-13-27-58(60)68-57/h1-38H. The summed E-state index contributed by atoms with van der Waals surface area (Å²) in [5, 5.41) is 9.73. The van der Waals surface area contributed by atoms with Gasteiger partial charge >= 0.3 is 0 Å². The van der Waals surface area contributed by atoms with Gasteiger partial charge < -0.3 is 8.98 Å². The van der Waals surface area contributed by atoms with Crippen LogP contribution in [0.4, 0.5) is 0 Å². The van der Waals surface area contributed by atoms with Crippen molar-refractivity contribution in [2.75, 3.05) is 0 Å². The lowest BCUT2D eigenvalue weighted by Crippen LogP contribution is -2.00. The van der Waals surface area contributed by atoms with Crippen LogP contribution < -0.4 is 0 Å². The predicted octanol–water partition coefficient (Wildman–Crippen LogP) is 16.6. The molecule has 0 aliphatic heterocycles. The summed E-state index contributed by atoms with van der Waals surface area (Å²) in [6, 6.07) is 81.9. The third-order valence-corrected chi connectivity index (χ3v) is 13.6. The van der Waals surface area contributed by atoms with Crippen molar-refractivity contribution >= 4 is 65.3 Å². The van der Waals surface area contributed by atoms with Crippen LogP contribution in [0.5, 0.6) is 0 Å². The van der Waals surface area contributed by atoms with Gasteiger partial charge in [-0.05, 0) is 122 Å². The number of furan rings is 1. The van der Waals surface area contributed by atoms with Gasteiger partial charge in [0.25, 0.3) is 0 Å². The highest BCUT2D eigenvalue weighted by molar-refractivity contribution is 6.33. The number of rotatable bonds is 7. The number of hydrogen-bond donors (Lipinski definition) is 0. The van der Waals surface area contributed by atoms with Gasteiger partial charge in [0.15, 0.2) is 17.5 Å². The number of hydrogen-bond acceptors (Lipinski definition) is 4. The summed E-state index contributed by atoms with van der Waals surface area (Å²) >= 11 is 0. The molecule has 0 N–H and O–H groups in total. The smallest absolute Gasteiger partial charge is 0.164 e. The Morgan fingerprint density at radius 3 is 1.21 bits per heavy atom. The number of nitrogens with zero attached hydrogens (tertiary/aromatic N) is 4. The minimum absolute atomic E-state index is 0.632. The molecule has 0 spiro atoms. The second-order valence-corrected chi connectivity index (χ2v) is 17.6. The number of benzene rings is 11. The molecular weight excluding hydrogens is 829 g/mol. The highest BCUT2D eigenvalue weighted by atomic mass is 16.3. The van der Waals surface area contributed by atoms with E-state index >= 15 is 0 Å². The van der Waals surface area contributed by atoms with Crippen LogP contribution in [-0.2, 0) is 0 Å². The molecule has 3 heterocycles. The van der Waals surface area contributed by atoms with Crippen LogP contribution >= 0.6 is 0 Å². The lowest BCUT2D eigenvalue weighted by molar-refractivity contribution is 0.669. The minimum Gasteiger partial charge on any atom is -0.456 e. The average Bonchev–Trinajstić information content (AvgIpc) is 3.97. The molecular formula is C63H38N4O. The topological polar surface area (TPSA) is 56.7 Å². The van der Waals surface area contributed by atoms with E-state index in [1.165, 1.54) is 59.7 Å². The monoisotopic (exact) mass is 866 g/mol. The zero-order valence-corrected chi connectivity index (χ0v) is 36.6. The summed E-state index contributed by atoms with van der Waals surface area (Å²) in [5.41, 5.74) is 15.0. The van der Waals surface area contributed by atoms with E-state index in [9.17, 15) is 0 Å². The van der Waals surface area contributed by atoms with Crippen LogP contribution in [-0.4, -0.2) is 19.5 Å². The van der Waals surface area contributed by atoms with E-state index in [1.54, 1.807) is 0 Å². The normalized spacial score (nSPS) is 11.8. The predicted molar refractivity (Wildman–Crippen MR) is 280 cm³/mol. The molecule has 0 amide bonds. The van der Waals surface area contributed by atoms with E-state index in [2.05, 4.69) is 174 Å². The Bertz CT molecular complexity index is 4190. The van der Waals surface area contributed by atoms with Crippen LogP contribution in [0.15, 0.2) is 235 Å². The molecule has 316 valence electrons. The average molecular weight is 867 g/mol. The zero-order valence-electron chi connectivity index (χ0n) is 36.6. The van der Waals surface area contributed by atoms with Gasteiger partial charge in [-0.3, -0.25) is 0 Å². The van der Waals surface area contributed by atoms with E-state index in [-0.39, 0.29) is 0 Å². The van der Waals surface area contributed by atoms with Crippen LogP contribution in [0.1, 0.15) is 0 Å². The van der Waals surface area contributed by atoms with Crippen molar-refractivity contribution in [2.24, 2.45) is 0 Å². The number of para-hydroxylation sites is 1. The van der Waals surface area contributed by atoms with Crippen LogP contribution in [0.2, 0.25) is 0 Å². The minimum atomic E-state index is 0.632. The van der Waals surface area contributed by atoms with E-state index in [0.717, 1.165) is 61.3 Å². The van der Waals surface area contributed by atoms with E-state index < -0.39 is 0 Å². The van der Waals surface area contributed by atoms with E-state index in [0.29, 0.717) is 17.5 Å². The zero-order chi connectivity index (χ0) is 44.7. The molecule has 0 aliphatic carbocycles. The molecule has 11 aromatic carbocycles. The summed E-state index contributed by atoms with van der Waals surface area (Å²) in [7, 11) is 0. The first kappa shape index (κ1) is 38.1. The van der Waals surface area contributed by atoms with Crippen LogP contribution in [0, 0.1) is 0 Å². The van der Waals surface area contributed by atoms with Crippen molar-refractivity contribution < 1.29 is 4.42 Å². The molecule has 0 unspecified atom stereocenters. The Hall–Kier alpha value is -9.19.